The number of likely N-dealkylation sites (tertiary alicyclic amines) is 1. The third-order valence-electron chi connectivity index (χ3n) is 4.50. The molecule has 1 aliphatic carbocycles. The van der Waals surface area contributed by atoms with E-state index in [-0.39, 0.29) is 18.4 Å². The molecule has 0 spiro atoms. The van der Waals surface area contributed by atoms with Crippen LogP contribution in [0.4, 0.5) is 0 Å². The second-order valence-corrected chi connectivity index (χ2v) is 6.15. The van der Waals surface area contributed by atoms with Gasteiger partial charge in [0.15, 0.2) is 0 Å². The zero-order valence-corrected chi connectivity index (χ0v) is 12.6. The van der Waals surface area contributed by atoms with E-state index in [1.165, 1.54) is 0 Å². The van der Waals surface area contributed by atoms with Crippen molar-refractivity contribution in [2.45, 2.75) is 57.9 Å². The highest BCUT2D eigenvalue weighted by Crippen LogP contribution is 2.45. The molecule has 1 unspecified atom stereocenters. The number of nitrogens with zero attached hydrogens (tertiary/aromatic N) is 1. The van der Waals surface area contributed by atoms with Crippen LogP contribution in [0.2, 0.25) is 0 Å². The summed E-state index contributed by atoms with van der Waals surface area (Å²) in [7, 11) is 0. The Labute approximate surface area is 124 Å². The van der Waals surface area contributed by atoms with E-state index in [1.807, 2.05) is 6.92 Å². The molecule has 1 aliphatic heterocycles. The van der Waals surface area contributed by atoms with Crippen molar-refractivity contribution in [2.75, 3.05) is 13.1 Å². The fourth-order valence-electron chi connectivity index (χ4n) is 2.85. The van der Waals surface area contributed by atoms with E-state index >= 15 is 0 Å². The molecule has 1 saturated heterocycles. The summed E-state index contributed by atoms with van der Waals surface area (Å²) in [4.78, 5) is 37.2. The van der Waals surface area contributed by atoms with Crippen molar-refractivity contribution >= 4 is 17.8 Å². The van der Waals surface area contributed by atoms with Crippen LogP contribution in [-0.4, -0.2) is 46.9 Å². The summed E-state index contributed by atoms with van der Waals surface area (Å²) in [6.07, 6.45) is 4.99. The second-order valence-electron chi connectivity index (χ2n) is 6.15. The molecule has 0 aromatic carbocycles. The van der Waals surface area contributed by atoms with E-state index in [0.717, 1.165) is 19.3 Å². The van der Waals surface area contributed by atoms with Gasteiger partial charge in [0.25, 0.3) is 0 Å². The van der Waals surface area contributed by atoms with Crippen molar-refractivity contribution in [1.29, 1.82) is 0 Å². The first kappa shape index (κ1) is 15.8. The van der Waals surface area contributed by atoms with Crippen molar-refractivity contribution in [1.82, 2.24) is 10.2 Å². The highest BCUT2D eigenvalue weighted by molar-refractivity contribution is 5.88. The zero-order chi connectivity index (χ0) is 15.5. The van der Waals surface area contributed by atoms with Gasteiger partial charge in [-0.05, 0) is 38.5 Å². The molecule has 0 radical (unpaired) electrons. The quantitative estimate of drug-likeness (QED) is 0.769. The number of carbonyl (C=O) groups is 3. The average molecular weight is 296 g/mol. The Kier molecular flexibility index (Phi) is 4.85. The van der Waals surface area contributed by atoms with Crippen LogP contribution in [0.3, 0.4) is 0 Å². The molecule has 0 bridgehead atoms. The minimum Gasteiger partial charge on any atom is -0.481 e. The van der Waals surface area contributed by atoms with Crippen LogP contribution in [-0.2, 0) is 14.4 Å². The summed E-state index contributed by atoms with van der Waals surface area (Å²) < 4.78 is 0. The Morgan fingerprint density at radius 3 is 2.57 bits per heavy atom. The van der Waals surface area contributed by atoms with E-state index in [1.54, 1.807) is 4.90 Å². The molecule has 0 aromatic heterocycles. The first-order valence-electron chi connectivity index (χ1n) is 7.81. The zero-order valence-electron chi connectivity index (χ0n) is 12.6. The highest BCUT2D eigenvalue weighted by Gasteiger charge is 2.50. The lowest BCUT2D eigenvalue weighted by molar-refractivity contribution is -0.145. The van der Waals surface area contributed by atoms with Crippen molar-refractivity contribution in [3.05, 3.63) is 0 Å². The van der Waals surface area contributed by atoms with E-state index in [4.69, 9.17) is 5.11 Å². The van der Waals surface area contributed by atoms with E-state index < -0.39 is 17.4 Å². The van der Waals surface area contributed by atoms with Crippen molar-refractivity contribution < 1.29 is 19.5 Å². The summed E-state index contributed by atoms with van der Waals surface area (Å²) in [6, 6.07) is -0.428. The Morgan fingerprint density at radius 1 is 1.29 bits per heavy atom. The standard InChI is InChI=1S/C15H24N2O4/c1-2-5-12(18)17-9-4-3-6-11(17)13(19)16-10-15(7-8-15)14(20)21/h11H,2-10H2,1H3,(H,16,19)(H,20,21). The SMILES string of the molecule is CCCC(=O)N1CCCCC1C(=O)NCC1(C(=O)O)CC1. The monoisotopic (exact) mass is 296 g/mol. The molecule has 1 atom stereocenters. The third-order valence-corrected chi connectivity index (χ3v) is 4.50. The molecular formula is C15H24N2O4. The summed E-state index contributed by atoms with van der Waals surface area (Å²) in [5.41, 5.74) is -0.761. The Hall–Kier alpha value is -1.59. The minimum atomic E-state index is -0.842. The molecule has 2 amide bonds. The highest BCUT2D eigenvalue weighted by atomic mass is 16.4. The number of amides is 2. The maximum absolute atomic E-state index is 12.3. The van der Waals surface area contributed by atoms with Crippen LogP contribution < -0.4 is 5.32 Å². The van der Waals surface area contributed by atoms with Crippen LogP contribution in [0, 0.1) is 5.41 Å². The van der Waals surface area contributed by atoms with Gasteiger partial charge in [-0.15, -0.1) is 0 Å². The molecule has 21 heavy (non-hydrogen) atoms. The van der Waals surface area contributed by atoms with Gasteiger partial charge in [0.1, 0.15) is 6.04 Å². The first-order valence-corrected chi connectivity index (χ1v) is 7.81. The van der Waals surface area contributed by atoms with Gasteiger partial charge in [0, 0.05) is 19.5 Å². The van der Waals surface area contributed by atoms with Gasteiger partial charge in [-0.3, -0.25) is 14.4 Å². The summed E-state index contributed by atoms with van der Waals surface area (Å²) in [5, 5.41) is 11.9. The molecule has 1 heterocycles. The van der Waals surface area contributed by atoms with Gasteiger partial charge in [0.2, 0.25) is 11.8 Å². The topological polar surface area (TPSA) is 86.7 Å². The fraction of sp³-hybridized carbons (Fsp3) is 0.800. The lowest BCUT2D eigenvalue weighted by Crippen LogP contribution is -2.52. The molecule has 2 rings (SSSR count). The number of rotatable bonds is 6. The van der Waals surface area contributed by atoms with Crippen molar-refractivity contribution in [3.8, 4) is 0 Å². The molecule has 2 N–H and O–H groups in total. The van der Waals surface area contributed by atoms with Gasteiger partial charge >= 0.3 is 5.97 Å². The number of aliphatic carboxylic acids is 1. The maximum atomic E-state index is 12.3. The predicted molar refractivity (Wildman–Crippen MR) is 76.6 cm³/mol. The van der Waals surface area contributed by atoms with E-state index in [9.17, 15) is 14.4 Å². The predicted octanol–water partition coefficient (Wildman–Crippen LogP) is 1.15. The van der Waals surface area contributed by atoms with Gasteiger partial charge in [0.05, 0.1) is 5.41 Å². The summed E-state index contributed by atoms with van der Waals surface area (Å²) >= 11 is 0. The van der Waals surface area contributed by atoms with Crippen LogP contribution in [0.25, 0.3) is 0 Å². The van der Waals surface area contributed by atoms with Crippen LogP contribution in [0.15, 0.2) is 0 Å². The van der Waals surface area contributed by atoms with Crippen LogP contribution >= 0.6 is 0 Å². The fourth-order valence-corrected chi connectivity index (χ4v) is 2.85. The van der Waals surface area contributed by atoms with E-state index in [2.05, 4.69) is 5.32 Å². The molecule has 0 aromatic rings. The molecular weight excluding hydrogens is 272 g/mol. The molecule has 2 aliphatic rings. The number of hydrogen-bond donors (Lipinski definition) is 2. The van der Waals surface area contributed by atoms with E-state index in [0.29, 0.717) is 32.2 Å². The summed E-state index contributed by atoms with van der Waals surface area (Å²) in [6.45, 7) is 2.75. The number of carbonyl (C=O) groups excluding carboxylic acids is 2. The Morgan fingerprint density at radius 2 is 2.00 bits per heavy atom. The molecule has 118 valence electrons. The van der Waals surface area contributed by atoms with Crippen LogP contribution in [0.5, 0.6) is 0 Å². The Balaban J connectivity index is 1.92. The lowest BCUT2D eigenvalue weighted by Gasteiger charge is -2.35. The number of piperidine rings is 1. The normalized spacial score (nSPS) is 23.5. The third kappa shape index (κ3) is 3.54. The minimum absolute atomic E-state index is 0.0247. The lowest BCUT2D eigenvalue weighted by atomic mass is 10.00. The molecule has 1 saturated carbocycles. The number of carboxylic acids is 1. The second kappa shape index (κ2) is 6.45. The van der Waals surface area contributed by atoms with Gasteiger partial charge in [-0.1, -0.05) is 6.92 Å². The number of carboxylic acid groups (broad SMARTS) is 1. The number of nitrogens with one attached hydrogen (secondary N) is 1. The van der Waals surface area contributed by atoms with Crippen LogP contribution in [0.1, 0.15) is 51.9 Å². The van der Waals surface area contributed by atoms with Gasteiger partial charge < -0.3 is 15.3 Å². The largest absolute Gasteiger partial charge is 0.481 e. The smallest absolute Gasteiger partial charge is 0.311 e. The molecule has 6 nitrogen and oxygen atoms in total. The molecule has 6 heteroatoms. The summed E-state index contributed by atoms with van der Waals surface area (Å²) in [5.74, 6) is -1.02. The van der Waals surface area contributed by atoms with Crippen molar-refractivity contribution in [3.63, 3.8) is 0 Å². The molecule has 2 fully saturated rings. The van der Waals surface area contributed by atoms with Gasteiger partial charge in [-0.2, -0.15) is 0 Å². The van der Waals surface area contributed by atoms with Crippen molar-refractivity contribution in [2.24, 2.45) is 5.41 Å². The first-order chi connectivity index (χ1) is 10.00. The maximum Gasteiger partial charge on any atom is 0.311 e. The average Bonchev–Trinajstić information content (AvgIpc) is 3.26. The van der Waals surface area contributed by atoms with Gasteiger partial charge in [-0.25, -0.2) is 0 Å². The Bertz CT molecular complexity index is 431. The number of hydrogen-bond acceptors (Lipinski definition) is 3.